The first-order chi connectivity index (χ1) is 7.19. The largest absolute Gasteiger partial charge is 0.460 e. The minimum Gasteiger partial charge on any atom is -0.460 e. The fourth-order valence-corrected chi connectivity index (χ4v) is 1.76. The number of rotatable bonds is 5. The Morgan fingerprint density at radius 3 is 2.87 bits per heavy atom. The van der Waals surface area contributed by atoms with Crippen LogP contribution in [0.2, 0.25) is 0 Å². The van der Waals surface area contributed by atoms with Crippen LogP contribution in [0.1, 0.15) is 42.8 Å². The van der Waals surface area contributed by atoms with Gasteiger partial charge in [0.1, 0.15) is 0 Å². The number of carbonyl (C=O) groups is 1. The maximum atomic E-state index is 11.5. The summed E-state index contributed by atoms with van der Waals surface area (Å²) in [5.74, 6) is -0.0496. The molecular weight excluding hydrogens is 260 g/mol. The zero-order valence-corrected chi connectivity index (χ0v) is 10.6. The fraction of sp³-hybridized carbons (Fsp3) is 0.545. The van der Waals surface area contributed by atoms with Gasteiger partial charge < -0.3 is 9.15 Å². The van der Waals surface area contributed by atoms with E-state index in [1.54, 1.807) is 6.92 Å². The minimum atomic E-state index is -0.380. The number of unbranched alkanes of at least 4 members (excludes halogenated alkanes) is 1. The van der Waals surface area contributed by atoms with Crippen molar-refractivity contribution in [2.24, 2.45) is 0 Å². The number of hydrogen-bond donors (Lipinski definition) is 0. The SMILES string of the molecule is CCCCc1cc(Br)oc1C(=O)OCC. The number of halogens is 1. The van der Waals surface area contributed by atoms with E-state index in [1.165, 1.54) is 0 Å². The minimum absolute atomic E-state index is 0.331. The van der Waals surface area contributed by atoms with Gasteiger partial charge in [0.25, 0.3) is 0 Å². The van der Waals surface area contributed by atoms with Crippen LogP contribution in [-0.2, 0) is 11.2 Å². The average molecular weight is 275 g/mol. The molecule has 1 heterocycles. The Balaban J connectivity index is 2.80. The van der Waals surface area contributed by atoms with Crippen LogP contribution in [0.5, 0.6) is 0 Å². The molecule has 1 aromatic rings. The molecule has 4 heteroatoms. The van der Waals surface area contributed by atoms with Crippen LogP contribution >= 0.6 is 15.9 Å². The first-order valence-corrected chi connectivity index (χ1v) is 5.93. The van der Waals surface area contributed by atoms with Gasteiger partial charge in [-0.3, -0.25) is 0 Å². The normalized spacial score (nSPS) is 10.3. The Morgan fingerprint density at radius 1 is 1.53 bits per heavy atom. The van der Waals surface area contributed by atoms with E-state index >= 15 is 0 Å². The molecular formula is C11H15BrO3. The lowest BCUT2D eigenvalue weighted by molar-refractivity contribution is 0.0487. The summed E-state index contributed by atoms with van der Waals surface area (Å²) in [5.41, 5.74) is 0.919. The van der Waals surface area contributed by atoms with Crippen molar-refractivity contribution in [1.82, 2.24) is 0 Å². The van der Waals surface area contributed by atoms with E-state index in [0.717, 1.165) is 24.8 Å². The van der Waals surface area contributed by atoms with Crippen LogP contribution in [0.3, 0.4) is 0 Å². The summed E-state index contributed by atoms with van der Waals surface area (Å²) in [6, 6.07) is 1.84. The number of esters is 1. The lowest BCUT2D eigenvalue weighted by Gasteiger charge is -2.01. The second-order valence-corrected chi connectivity index (χ2v) is 4.01. The van der Waals surface area contributed by atoms with E-state index in [4.69, 9.17) is 9.15 Å². The van der Waals surface area contributed by atoms with Gasteiger partial charge >= 0.3 is 5.97 Å². The van der Waals surface area contributed by atoms with Crippen molar-refractivity contribution in [3.05, 3.63) is 22.1 Å². The van der Waals surface area contributed by atoms with Crippen LogP contribution in [0, 0.1) is 0 Å². The molecule has 0 saturated heterocycles. The maximum absolute atomic E-state index is 11.5. The van der Waals surface area contributed by atoms with Crippen LogP contribution in [0.25, 0.3) is 0 Å². The lowest BCUT2D eigenvalue weighted by atomic mass is 10.1. The Hall–Kier alpha value is -0.770. The quantitative estimate of drug-likeness (QED) is 0.771. The predicted molar refractivity (Wildman–Crippen MR) is 61.0 cm³/mol. The van der Waals surface area contributed by atoms with E-state index in [1.807, 2.05) is 6.07 Å². The van der Waals surface area contributed by atoms with Gasteiger partial charge in [-0.25, -0.2) is 4.79 Å². The van der Waals surface area contributed by atoms with Crippen molar-refractivity contribution in [2.75, 3.05) is 6.61 Å². The van der Waals surface area contributed by atoms with E-state index < -0.39 is 0 Å². The standard InChI is InChI=1S/C11H15BrO3/c1-3-5-6-8-7-9(12)15-10(8)11(13)14-4-2/h7H,3-6H2,1-2H3. The summed E-state index contributed by atoms with van der Waals surface area (Å²) < 4.78 is 10.8. The Labute approximate surface area is 97.9 Å². The summed E-state index contributed by atoms with van der Waals surface area (Å²) in [6.45, 7) is 4.26. The molecule has 0 saturated carbocycles. The van der Waals surface area contributed by atoms with Gasteiger partial charge in [0.05, 0.1) is 6.61 Å². The smallest absolute Gasteiger partial charge is 0.374 e. The van der Waals surface area contributed by atoms with Gasteiger partial charge in [-0.1, -0.05) is 13.3 Å². The second-order valence-electron chi connectivity index (χ2n) is 3.23. The van der Waals surface area contributed by atoms with Crippen LogP contribution in [-0.4, -0.2) is 12.6 Å². The zero-order valence-electron chi connectivity index (χ0n) is 9.01. The molecule has 0 bridgehead atoms. The second kappa shape index (κ2) is 5.95. The topological polar surface area (TPSA) is 39.4 Å². The Bertz CT molecular complexity index is 331. The van der Waals surface area contributed by atoms with Crippen molar-refractivity contribution >= 4 is 21.9 Å². The van der Waals surface area contributed by atoms with Gasteiger partial charge in [-0.05, 0) is 41.8 Å². The van der Waals surface area contributed by atoms with Crippen molar-refractivity contribution in [2.45, 2.75) is 33.1 Å². The summed E-state index contributed by atoms with van der Waals surface area (Å²) in [7, 11) is 0. The highest BCUT2D eigenvalue weighted by Gasteiger charge is 2.18. The highest BCUT2D eigenvalue weighted by molar-refractivity contribution is 9.10. The maximum Gasteiger partial charge on any atom is 0.374 e. The van der Waals surface area contributed by atoms with Crippen molar-refractivity contribution in [3.63, 3.8) is 0 Å². The first-order valence-electron chi connectivity index (χ1n) is 5.14. The molecule has 0 aromatic carbocycles. The summed E-state index contributed by atoms with van der Waals surface area (Å²) >= 11 is 3.22. The van der Waals surface area contributed by atoms with Gasteiger partial charge in [-0.15, -0.1) is 0 Å². The third kappa shape index (κ3) is 3.38. The third-order valence-electron chi connectivity index (χ3n) is 2.04. The summed E-state index contributed by atoms with van der Waals surface area (Å²) in [6.07, 6.45) is 2.98. The number of ether oxygens (including phenoxy) is 1. The van der Waals surface area contributed by atoms with Crippen LogP contribution in [0.15, 0.2) is 15.2 Å². The highest BCUT2D eigenvalue weighted by Crippen LogP contribution is 2.22. The number of aryl methyl sites for hydroxylation is 1. The highest BCUT2D eigenvalue weighted by atomic mass is 79.9. The van der Waals surface area contributed by atoms with E-state index in [-0.39, 0.29) is 5.97 Å². The zero-order chi connectivity index (χ0) is 11.3. The molecule has 3 nitrogen and oxygen atoms in total. The van der Waals surface area contributed by atoms with E-state index in [0.29, 0.717) is 17.0 Å². The molecule has 0 spiro atoms. The van der Waals surface area contributed by atoms with Crippen molar-refractivity contribution in [1.29, 1.82) is 0 Å². The lowest BCUT2D eigenvalue weighted by Crippen LogP contribution is -2.05. The number of hydrogen-bond acceptors (Lipinski definition) is 3. The molecule has 1 rings (SSSR count). The molecule has 0 unspecified atom stereocenters. The van der Waals surface area contributed by atoms with E-state index in [2.05, 4.69) is 22.9 Å². The predicted octanol–water partition coefficient (Wildman–Crippen LogP) is 3.56. The first kappa shape index (κ1) is 12.3. The van der Waals surface area contributed by atoms with Crippen LogP contribution in [0.4, 0.5) is 0 Å². The molecule has 0 fully saturated rings. The monoisotopic (exact) mass is 274 g/mol. The van der Waals surface area contributed by atoms with Gasteiger partial charge in [0.15, 0.2) is 4.67 Å². The van der Waals surface area contributed by atoms with Gasteiger partial charge in [-0.2, -0.15) is 0 Å². The fourth-order valence-electron chi connectivity index (χ4n) is 1.32. The molecule has 0 aliphatic heterocycles. The van der Waals surface area contributed by atoms with Crippen molar-refractivity contribution in [3.8, 4) is 0 Å². The molecule has 0 radical (unpaired) electrons. The summed E-state index contributed by atoms with van der Waals surface area (Å²) in [4.78, 5) is 11.5. The molecule has 1 aromatic heterocycles. The molecule has 0 N–H and O–H groups in total. The molecule has 0 atom stereocenters. The molecule has 0 aliphatic rings. The Kier molecular flexibility index (Phi) is 4.88. The van der Waals surface area contributed by atoms with Gasteiger partial charge in [0, 0.05) is 5.56 Å². The van der Waals surface area contributed by atoms with E-state index in [9.17, 15) is 4.79 Å². The summed E-state index contributed by atoms with van der Waals surface area (Å²) in [5, 5.41) is 0. The number of carbonyl (C=O) groups excluding carboxylic acids is 1. The third-order valence-corrected chi connectivity index (χ3v) is 2.43. The molecule has 84 valence electrons. The van der Waals surface area contributed by atoms with Crippen molar-refractivity contribution < 1.29 is 13.9 Å². The molecule has 0 aliphatic carbocycles. The van der Waals surface area contributed by atoms with Crippen LogP contribution < -0.4 is 0 Å². The molecule has 15 heavy (non-hydrogen) atoms. The molecule has 0 amide bonds. The number of furan rings is 1. The Morgan fingerprint density at radius 2 is 2.27 bits per heavy atom. The van der Waals surface area contributed by atoms with Gasteiger partial charge in [0.2, 0.25) is 5.76 Å². The average Bonchev–Trinajstić information content (AvgIpc) is 2.57.